The predicted molar refractivity (Wildman–Crippen MR) is 332 cm³/mol. The third-order valence-electron chi connectivity index (χ3n) is 16.5. The van der Waals surface area contributed by atoms with Crippen molar-refractivity contribution >= 4 is 5.91 Å². The molecular formula is C67H119NO18. The number of hydrogen-bond acceptors (Lipinski definition) is 18. The minimum atomic E-state index is -1.98. The maximum atomic E-state index is 13.4. The molecule has 86 heavy (non-hydrogen) atoms. The van der Waals surface area contributed by atoms with E-state index in [4.69, 9.17) is 28.4 Å². The van der Waals surface area contributed by atoms with Gasteiger partial charge in [-0.2, -0.15) is 0 Å². The van der Waals surface area contributed by atoms with Gasteiger partial charge in [-0.25, -0.2) is 0 Å². The fraction of sp³-hybridized carbons (Fsp3) is 0.836. The smallest absolute Gasteiger partial charge is 0.220 e. The fourth-order valence-electron chi connectivity index (χ4n) is 11.0. The van der Waals surface area contributed by atoms with Crippen LogP contribution in [0.15, 0.2) is 60.8 Å². The van der Waals surface area contributed by atoms with Crippen LogP contribution in [0.3, 0.4) is 0 Å². The molecule has 0 aliphatic carbocycles. The van der Waals surface area contributed by atoms with Gasteiger partial charge >= 0.3 is 0 Å². The van der Waals surface area contributed by atoms with Gasteiger partial charge in [-0.1, -0.05) is 203 Å². The first-order chi connectivity index (χ1) is 41.8. The Balaban J connectivity index is 1.45. The molecule has 0 bridgehead atoms. The number of hydrogen-bond donors (Lipinski definition) is 12. The Labute approximate surface area is 515 Å². The molecule has 17 unspecified atom stereocenters. The van der Waals surface area contributed by atoms with Gasteiger partial charge in [0, 0.05) is 6.42 Å². The molecule has 3 heterocycles. The van der Waals surface area contributed by atoms with E-state index in [2.05, 4.69) is 67.8 Å². The van der Waals surface area contributed by atoms with E-state index in [0.29, 0.717) is 12.8 Å². The second kappa shape index (κ2) is 49.2. The van der Waals surface area contributed by atoms with Crippen LogP contribution in [0.2, 0.25) is 0 Å². The summed E-state index contributed by atoms with van der Waals surface area (Å²) >= 11 is 0. The van der Waals surface area contributed by atoms with Gasteiger partial charge in [0.1, 0.15) is 73.2 Å². The molecule has 0 spiro atoms. The molecule has 3 rings (SSSR count). The van der Waals surface area contributed by atoms with Crippen LogP contribution in [0.5, 0.6) is 0 Å². The van der Waals surface area contributed by atoms with Crippen LogP contribution in [0.4, 0.5) is 0 Å². The standard InChI is InChI=1S/C67H119NO18/c1-3-5-7-9-11-13-15-17-19-21-22-23-24-25-26-27-28-29-31-33-35-37-39-41-43-45-55(73)68-50(51(72)44-42-40-38-36-34-32-30-20-18-16-14-12-10-8-6-4-2)49-81-65-61(79)58(76)63(53(47-70)83-65)86-67-62(80)59(77)64(54(48-71)84-67)85-66-60(78)57(75)56(74)52(46-69)82-66/h15,17-18,20-22,34,36,42,44,50-54,56-67,69-72,74-80H,3-14,16,19,23-33,35,37-41,43,45-49H2,1-2H3,(H,68,73)/b17-15-,20-18+,22-21-,36-34+,44-42+. The van der Waals surface area contributed by atoms with Gasteiger partial charge in [-0.3, -0.25) is 4.79 Å². The van der Waals surface area contributed by atoms with Gasteiger partial charge in [0.25, 0.3) is 0 Å². The number of carbonyl (C=O) groups is 1. The molecule has 0 radical (unpaired) electrons. The zero-order valence-electron chi connectivity index (χ0n) is 52.5. The van der Waals surface area contributed by atoms with E-state index in [0.717, 1.165) is 51.4 Å². The van der Waals surface area contributed by atoms with Gasteiger partial charge < -0.3 is 89.9 Å². The summed E-state index contributed by atoms with van der Waals surface area (Å²) < 4.78 is 34.3. The zero-order valence-corrected chi connectivity index (χ0v) is 52.5. The first-order valence-corrected chi connectivity index (χ1v) is 33.5. The Bertz CT molecular complexity index is 1800. The Morgan fingerprint density at radius 1 is 0.419 bits per heavy atom. The van der Waals surface area contributed by atoms with Crippen molar-refractivity contribution in [1.82, 2.24) is 5.32 Å². The van der Waals surface area contributed by atoms with E-state index in [9.17, 15) is 61.0 Å². The average Bonchev–Trinajstić information content (AvgIpc) is 3.70. The Morgan fingerprint density at radius 2 is 0.779 bits per heavy atom. The van der Waals surface area contributed by atoms with E-state index >= 15 is 0 Å². The summed E-state index contributed by atoms with van der Waals surface area (Å²) in [5.74, 6) is -0.292. The van der Waals surface area contributed by atoms with Crippen LogP contribution >= 0.6 is 0 Å². The van der Waals surface area contributed by atoms with E-state index < -0.39 is 124 Å². The molecule has 3 saturated heterocycles. The quantitative estimate of drug-likeness (QED) is 0.0203. The summed E-state index contributed by atoms with van der Waals surface area (Å²) in [6, 6.07) is -0.998. The van der Waals surface area contributed by atoms with Gasteiger partial charge in [0.05, 0.1) is 38.6 Å². The monoisotopic (exact) mass is 1230 g/mol. The Hall–Kier alpha value is -2.51. The molecule has 12 N–H and O–H groups in total. The largest absolute Gasteiger partial charge is 0.394 e. The molecule has 19 heteroatoms. The van der Waals surface area contributed by atoms with Crippen LogP contribution < -0.4 is 5.32 Å². The first kappa shape index (κ1) is 77.7. The third-order valence-corrected chi connectivity index (χ3v) is 16.5. The highest BCUT2D eigenvalue weighted by atomic mass is 16.8. The second-order valence-corrected chi connectivity index (χ2v) is 23.9. The molecule has 19 nitrogen and oxygen atoms in total. The number of unbranched alkanes of at least 4 members (excludes halogenated alkanes) is 26. The Morgan fingerprint density at radius 3 is 1.23 bits per heavy atom. The first-order valence-electron chi connectivity index (χ1n) is 33.5. The maximum Gasteiger partial charge on any atom is 0.220 e. The number of allylic oxidation sites excluding steroid dienone is 9. The van der Waals surface area contributed by atoms with Crippen LogP contribution in [-0.2, 0) is 33.2 Å². The van der Waals surface area contributed by atoms with Crippen LogP contribution in [0.25, 0.3) is 0 Å². The van der Waals surface area contributed by atoms with Crippen LogP contribution in [-0.4, -0.2) is 193 Å². The van der Waals surface area contributed by atoms with Crippen molar-refractivity contribution < 1.29 is 89.4 Å². The second-order valence-electron chi connectivity index (χ2n) is 23.9. The zero-order chi connectivity index (χ0) is 62.6. The number of ether oxygens (including phenoxy) is 6. The summed E-state index contributed by atoms with van der Waals surface area (Å²) in [6.07, 6.45) is 32.0. The van der Waals surface area contributed by atoms with E-state index in [1.165, 1.54) is 141 Å². The molecule has 0 aromatic heterocycles. The summed E-state index contributed by atoms with van der Waals surface area (Å²) in [4.78, 5) is 13.4. The molecular weight excluding hydrogens is 1110 g/mol. The number of aliphatic hydroxyl groups is 11. The SMILES string of the molecule is CCCCCCC/C=C\C/C=C\CCCCCCCCCCCCCCCC(=O)NC(COC1OC(CO)C(OC2OC(CO)C(OC3OC(CO)C(O)C(O)C3O)C(O)C2O)C(O)C1O)C(O)/C=C/CC/C=C/CC/C=C/CCCCCCCC. The van der Waals surface area contributed by atoms with Crippen molar-refractivity contribution in [3.05, 3.63) is 60.8 Å². The molecule has 0 aromatic rings. The summed E-state index contributed by atoms with van der Waals surface area (Å²) in [5, 5.41) is 120. The predicted octanol–water partition coefficient (Wildman–Crippen LogP) is 7.99. The van der Waals surface area contributed by atoms with Crippen molar-refractivity contribution in [3.63, 3.8) is 0 Å². The highest BCUT2D eigenvalue weighted by Gasteiger charge is 2.53. The minimum Gasteiger partial charge on any atom is -0.394 e. The minimum absolute atomic E-state index is 0.229. The normalized spacial score (nSPS) is 29.2. The van der Waals surface area contributed by atoms with E-state index in [-0.39, 0.29) is 18.9 Å². The lowest BCUT2D eigenvalue weighted by Gasteiger charge is -2.48. The number of carbonyl (C=O) groups excluding carboxylic acids is 1. The number of aliphatic hydroxyl groups excluding tert-OH is 11. The molecule has 0 saturated carbocycles. The lowest BCUT2D eigenvalue weighted by atomic mass is 9.96. The van der Waals surface area contributed by atoms with Gasteiger partial charge in [-0.15, -0.1) is 0 Å². The molecule has 3 fully saturated rings. The van der Waals surface area contributed by atoms with Crippen LogP contribution in [0.1, 0.15) is 226 Å². The summed E-state index contributed by atoms with van der Waals surface area (Å²) in [5.41, 5.74) is 0. The number of nitrogens with one attached hydrogen (secondary N) is 1. The molecule has 0 aromatic carbocycles. The van der Waals surface area contributed by atoms with Crippen LogP contribution in [0, 0.1) is 0 Å². The average molecular weight is 1230 g/mol. The van der Waals surface area contributed by atoms with Crippen molar-refractivity contribution in [1.29, 1.82) is 0 Å². The molecule has 3 aliphatic heterocycles. The molecule has 17 atom stereocenters. The van der Waals surface area contributed by atoms with E-state index in [1.54, 1.807) is 6.08 Å². The highest BCUT2D eigenvalue weighted by Crippen LogP contribution is 2.33. The van der Waals surface area contributed by atoms with Crippen molar-refractivity contribution in [2.24, 2.45) is 0 Å². The number of amides is 1. The maximum absolute atomic E-state index is 13.4. The van der Waals surface area contributed by atoms with Gasteiger partial charge in [-0.05, 0) is 77.0 Å². The highest BCUT2D eigenvalue weighted by molar-refractivity contribution is 5.76. The van der Waals surface area contributed by atoms with Gasteiger partial charge in [0.15, 0.2) is 18.9 Å². The van der Waals surface area contributed by atoms with E-state index in [1.807, 2.05) is 6.08 Å². The number of rotatable bonds is 50. The molecule has 1 amide bonds. The lowest BCUT2D eigenvalue weighted by molar-refractivity contribution is -0.379. The van der Waals surface area contributed by atoms with Crippen molar-refractivity contribution in [2.75, 3.05) is 26.4 Å². The van der Waals surface area contributed by atoms with Crippen molar-refractivity contribution in [2.45, 2.75) is 330 Å². The third kappa shape index (κ3) is 31.5. The summed E-state index contributed by atoms with van der Waals surface area (Å²) in [7, 11) is 0. The molecule has 500 valence electrons. The van der Waals surface area contributed by atoms with Gasteiger partial charge in [0.2, 0.25) is 5.91 Å². The van der Waals surface area contributed by atoms with Crippen molar-refractivity contribution in [3.8, 4) is 0 Å². The Kier molecular flexibility index (Phi) is 44.5. The topological polar surface area (TPSA) is 307 Å². The molecule has 3 aliphatic rings. The fourth-order valence-corrected chi connectivity index (χ4v) is 11.0. The lowest BCUT2D eigenvalue weighted by Crippen LogP contribution is -2.66. The summed E-state index contributed by atoms with van der Waals surface area (Å²) in [6.45, 7) is 1.68.